The Hall–Kier alpha value is -1.66. The number of benzene rings is 1. The number of quaternary nitrogens is 1. The summed E-state index contributed by atoms with van der Waals surface area (Å²) in [6.45, 7) is 5.42. The molecule has 1 saturated heterocycles. The number of hydrogen-bond donors (Lipinski definition) is 1. The highest BCUT2D eigenvalue weighted by Gasteiger charge is 2.13. The van der Waals surface area contributed by atoms with Gasteiger partial charge >= 0.3 is 0 Å². The lowest BCUT2D eigenvalue weighted by Crippen LogP contribution is -3.14. The Morgan fingerprint density at radius 2 is 2.16 bits per heavy atom. The van der Waals surface area contributed by atoms with Crippen molar-refractivity contribution in [2.24, 2.45) is 0 Å². The van der Waals surface area contributed by atoms with Crippen molar-refractivity contribution in [3.05, 3.63) is 34.4 Å². The number of nitrogens with zero attached hydrogens (tertiary/aromatic N) is 1. The quantitative estimate of drug-likeness (QED) is 0.457. The lowest BCUT2D eigenvalue weighted by atomic mass is 10.3. The molecule has 0 amide bonds. The van der Waals surface area contributed by atoms with Crippen molar-refractivity contribution in [2.75, 3.05) is 39.5 Å². The summed E-state index contributed by atoms with van der Waals surface area (Å²) in [5.74, 6) is 0.561. The molecule has 1 aromatic rings. The van der Waals surface area contributed by atoms with Gasteiger partial charge in [-0.2, -0.15) is 0 Å². The van der Waals surface area contributed by atoms with Crippen molar-refractivity contribution in [2.45, 2.75) is 6.42 Å². The minimum atomic E-state index is -0.412. The fourth-order valence-electron chi connectivity index (χ4n) is 2.11. The average Bonchev–Trinajstić information content (AvgIpc) is 2.45. The van der Waals surface area contributed by atoms with Gasteiger partial charge in [-0.25, -0.2) is 0 Å². The second-order valence-corrected chi connectivity index (χ2v) is 4.57. The van der Waals surface area contributed by atoms with Gasteiger partial charge in [0.25, 0.3) is 5.69 Å². The fraction of sp³-hybridized carbons (Fsp3) is 0.538. The molecule has 6 nitrogen and oxygen atoms in total. The number of rotatable bonds is 6. The molecule has 0 aliphatic carbocycles. The van der Waals surface area contributed by atoms with Crippen molar-refractivity contribution >= 4 is 5.69 Å². The monoisotopic (exact) mass is 267 g/mol. The third-order valence-electron chi connectivity index (χ3n) is 3.17. The van der Waals surface area contributed by atoms with Gasteiger partial charge in [-0.15, -0.1) is 0 Å². The first kappa shape index (κ1) is 13.8. The van der Waals surface area contributed by atoms with Crippen LogP contribution >= 0.6 is 0 Å². The summed E-state index contributed by atoms with van der Waals surface area (Å²) in [6.07, 6.45) is 0.942. The van der Waals surface area contributed by atoms with Gasteiger partial charge in [0, 0.05) is 12.5 Å². The van der Waals surface area contributed by atoms with E-state index in [-0.39, 0.29) is 5.69 Å². The molecule has 6 heteroatoms. The van der Waals surface area contributed by atoms with E-state index in [1.807, 2.05) is 0 Å². The number of nitro groups is 1. The number of nitro benzene ring substituents is 1. The van der Waals surface area contributed by atoms with Crippen molar-refractivity contribution in [3.8, 4) is 5.75 Å². The highest BCUT2D eigenvalue weighted by atomic mass is 16.6. The summed E-state index contributed by atoms with van der Waals surface area (Å²) < 4.78 is 10.8. The molecule has 1 heterocycles. The van der Waals surface area contributed by atoms with Crippen LogP contribution in [-0.2, 0) is 4.74 Å². The summed E-state index contributed by atoms with van der Waals surface area (Å²) in [4.78, 5) is 11.7. The van der Waals surface area contributed by atoms with Gasteiger partial charge in [0.15, 0.2) is 0 Å². The summed E-state index contributed by atoms with van der Waals surface area (Å²) in [6, 6.07) is 6.31. The molecule has 0 bridgehead atoms. The molecule has 0 unspecified atom stereocenters. The molecular weight excluding hydrogens is 248 g/mol. The lowest BCUT2D eigenvalue weighted by molar-refractivity contribution is -0.908. The predicted octanol–water partition coefficient (Wildman–Crippen LogP) is 0.279. The van der Waals surface area contributed by atoms with Crippen molar-refractivity contribution in [3.63, 3.8) is 0 Å². The first-order chi connectivity index (χ1) is 9.25. The third-order valence-corrected chi connectivity index (χ3v) is 3.17. The van der Waals surface area contributed by atoms with Gasteiger partial charge in [0.2, 0.25) is 0 Å². The van der Waals surface area contributed by atoms with E-state index in [9.17, 15) is 10.1 Å². The molecule has 1 aliphatic rings. The minimum Gasteiger partial charge on any atom is -0.493 e. The number of non-ortho nitro benzene ring substituents is 1. The topological polar surface area (TPSA) is 66.0 Å². The summed E-state index contributed by atoms with van der Waals surface area (Å²) in [5, 5.41) is 10.6. The number of ether oxygens (including phenoxy) is 2. The maximum atomic E-state index is 10.6. The van der Waals surface area contributed by atoms with E-state index < -0.39 is 4.92 Å². The molecule has 1 aliphatic heterocycles. The van der Waals surface area contributed by atoms with Crippen LogP contribution in [-0.4, -0.2) is 44.4 Å². The zero-order valence-corrected chi connectivity index (χ0v) is 10.8. The minimum absolute atomic E-state index is 0.0660. The van der Waals surface area contributed by atoms with Gasteiger partial charge in [-0.1, -0.05) is 6.07 Å². The van der Waals surface area contributed by atoms with Crippen LogP contribution in [0.2, 0.25) is 0 Å². The van der Waals surface area contributed by atoms with Gasteiger partial charge in [-0.3, -0.25) is 10.1 Å². The largest absolute Gasteiger partial charge is 0.493 e. The number of morpholine rings is 1. The molecule has 0 spiro atoms. The Kier molecular flexibility index (Phi) is 5.11. The van der Waals surface area contributed by atoms with Crippen LogP contribution in [0.3, 0.4) is 0 Å². The molecule has 2 rings (SSSR count). The Bertz CT molecular complexity index is 419. The second-order valence-electron chi connectivity index (χ2n) is 4.57. The van der Waals surface area contributed by atoms with Crippen LogP contribution in [0.25, 0.3) is 0 Å². The molecule has 0 aromatic heterocycles. The van der Waals surface area contributed by atoms with E-state index in [2.05, 4.69) is 0 Å². The number of hydrogen-bond acceptors (Lipinski definition) is 4. The standard InChI is InChI=1S/C13H18N2O4/c16-15(17)12-3-1-4-13(11-12)19-8-2-5-14-6-9-18-10-7-14/h1,3-4,11H,2,5-10H2/p+1. The molecule has 0 radical (unpaired) electrons. The van der Waals surface area contributed by atoms with Crippen LogP contribution in [0.15, 0.2) is 24.3 Å². The van der Waals surface area contributed by atoms with Crippen LogP contribution in [0.5, 0.6) is 5.75 Å². The maximum absolute atomic E-state index is 10.6. The normalized spacial score (nSPS) is 16.2. The molecule has 1 N–H and O–H groups in total. The Labute approximate surface area is 112 Å². The highest BCUT2D eigenvalue weighted by molar-refractivity contribution is 5.37. The summed E-state index contributed by atoms with van der Waals surface area (Å²) in [5.41, 5.74) is 0.0660. The zero-order valence-electron chi connectivity index (χ0n) is 10.8. The molecule has 1 fully saturated rings. The first-order valence-electron chi connectivity index (χ1n) is 6.54. The van der Waals surface area contributed by atoms with E-state index in [0.717, 1.165) is 39.3 Å². The van der Waals surface area contributed by atoms with Crippen LogP contribution in [0.1, 0.15) is 6.42 Å². The van der Waals surface area contributed by atoms with Crippen LogP contribution < -0.4 is 9.64 Å². The van der Waals surface area contributed by atoms with Crippen LogP contribution in [0, 0.1) is 10.1 Å². The SMILES string of the molecule is O=[N+]([O-])c1cccc(OCCC[NH+]2CCOCC2)c1. The van der Waals surface area contributed by atoms with Gasteiger partial charge in [-0.05, 0) is 6.07 Å². The maximum Gasteiger partial charge on any atom is 0.273 e. The van der Waals surface area contributed by atoms with Gasteiger partial charge in [0.1, 0.15) is 18.8 Å². The van der Waals surface area contributed by atoms with Gasteiger partial charge in [0.05, 0.1) is 37.4 Å². The molecule has 0 saturated carbocycles. The first-order valence-corrected chi connectivity index (χ1v) is 6.54. The van der Waals surface area contributed by atoms with Gasteiger partial charge < -0.3 is 14.4 Å². The summed E-state index contributed by atoms with van der Waals surface area (Å²) in [7, 11) is 0. The van der Waals surface area contributed by atoms with E-state index >= 15 is 0 Å². The van der Waals surface area contributed by atoms with E-state index in [1.54, 1.807) is 12.1 Å². The van der Waals surface area contributed by atoms with Crippen LogP contribution in [0.4, 0.5) is 5.69 Å². The molecule has 19 heavy (non-hydrogen) atoms. The molecule has 0 atom stereocenters. The number of nitrogens with one attached hydrogen (secondary N) is 1. The Balaban J connectivity index is 1.70. The average molecular weight is 267 g/mol. The smallest absolute Gasteiger partial charge is 0.273 e. The second kappa shape index (κ2) is 7.06. The van der Waals surface area contributed by atoms with E-state index in [4.69, 9.17) is 9.47 Å². The predicted molar refractivity (Wildman–Crippen MR) is 69.6 cm³/mol. The molecule has 1 aromatic carbocycles. The molecule has 104 valence electrons. The summed E-state index contributed by atoms with van der Waals surface area (Å²) >= 11 is 0. The van der Waals surface area contributed by atoms with Crippen molar-refractivity contribution in [1.82, 2.24) is 0 Å². The Morgan fingerprint density at radius 1 is 1.37 bits per heavy atom. The lowest BCUT2D eigenvalue weighted by Gasteiger charge is -2.23. The highest BCUT2D eigenvalue weighted by Crippen LogP contribution is 2.18. The van der Waals surface area contributed by atoms with Crippen molar-refractivity contribution < 1.29 is 19.3 Å². The fourth-order valence-corrected chi connectivity index (χ4v) is 2.11. The van der Waals surface area contributed by atoms with E-state index in [1.165, 1.54) is 17.0 Å². The van der Waals surface area contributed by atoms with E-state index in [0.29, 0.717) is 12.4 Å². The van der Waals surface area contributed by atoms with Crippen molar-refractivity contribution in [1.29, 1.82) is 0 Å². The zero-order chi connectivity index (χ0) is 13.5. The third kappa shape index (κ3) is 4.50. The Morgan fingerprint density at radius 3 is 2.89 bits per heavy atom. The molecular formula is C13H19N2O4+.